The number of anilines is 2. The zero-order chi connectivity index (χ0) is 17.4. The van der Waals surface area contributed by atoms with Crippen LogP contribution in [0.3, 0.4) is 0 Å². The second-order valence-corrected chi connectivity index (χ2v) is 5.48. The standard InChI is InChI=1S/C19H23N3O2/c1-3-13-20-19(24)15-9-11-16(12-10-15)21-14-18(23)22(2)17-7-5-4-6-8-17/h4-12,21H,3,13-14H2,1-2H3,(H,20,24). The van der Waals surface area contributed by atoms with Gasteiger partial charge in [-0.15, -0.1) is 0 Å². The summed E-state index contributed by atoms with van der Waals surface area (Å²) in [4.78, 5) is 25.7. The Bertz CT molecular complexity index is 669. The molecule has 0 saturated carbocycles. The summed E-state index contributed by atoms with van der Waals surface area (Å²) >= 11 is 0. The molecule has 5 nitrogen and oxygen atoms in total. The Hall–Kier alpha value is -2.82. The van der Waals surface area contributed by atoms with Gasteiger partial charge in [-0.1, -0.05) is 25.1 Å². The summed E-state index contributed by atoms with van der Waals surface area (Å²) in [5, 5.41) is 5.91. The molecular weight excluding hydrogens is 302 g/mol. The van der Waals surface area contributed by atoms with Gasteiger partial charge in [0, 0.05) is 30.5 Å². The quantitative estimate of drug-likeness (QED) is 0.823. The number of likely N-dealkylation sites (N-methyl/N-ethyl adjacent to an activating group) is 1. The van der Waals surface area contributed by atoms with Crippen LogP contribution in [0.25, 0.3) is 0 Å². The van der Waals surface area contributed by atoms with E-state index < -0.39 is 0 Å². The van der Waals surface area contributed by atoms with Crippen LogP contribution in [0.15, 0.2) is 54.6 Å². The third kappa shape index (κ3) is 4.84. The summed E-state index contributed by atoms with van der Waals surface area (Å²) in [6, 6.07) is 16.6. The van der Waals surface area contributed by atoms with Crippen LogP contribution in [0.1, 0.15) is 23.7 Å². The summed E-state index contributed by atoms with van der Waals surface area (Å²) < 4.78 is 0. The smallest absolute Gasteiger partial charge is 0.251 e. The normalized spacial score (nSPS) is 10.1. The number of rotatable bonds is 7. The average molecular weight is 325 g/mol. The first kappa shape index (κ1) is 17.5. The number of benzene rings is 2. The Kier molecular flexibility index (Phi) is 6.37. The van der Waals surface area contributed by atoms with Crippen LogP contribution in [0.4, 0.5) is 11.4 Å². The molecule has 0 radical (unpaired) electrons. The lowest BCUT2D eigenvalue weighted by Crippen LogP contribution is -2.32. The van der Waals surface area contributed by atoms with Crippen LogP contribution in [0.5, 0.6) is 0 Å². The largest absolute Gasteiger partial charge is 0.376 e. The van der Waals surface area contributed by atoms with E-state index in [2.05, 4.69) is 10.6 Å². The molecule has 0 aliphatic heterocycles. The van der Waals surface area contributed by atoms with Gasteiger partial charge in [-0.05, 0) is 42.8 Å². The maximum atomic E-state index is 12.2. The van der Waals surface area contributed by atoms with Crippen molar-refractivity contribution in [1.29, 1.82) is 0 Å². The van der Waals surface area contributed by atoms with Crippen LogP contribution in [0.2, 0.25) is 0 Å². The molecule has 0 heterocycles. The first-order valence-electron chi connectivity index (χ1n) is 8.05. The molecule has 2 aromatic rings. The molecule has 2 N–H and O–H groups in total. The minimum absolute atomic E-state index is 0.0361. The number of para-hydroxylation sites is 1. The molecule has 2 rings (SSSR count). The van der Waals surface area contributed by atoms with E-state index >= 15 is 0 Å². The number of carbonyl (C=O) groups excluding carboxylic acids is 2. The number of amides is 2. The molecule has 126 valence electrons. The van der Waals surface area contributed by atoms with Crippen LogP contribution in [-0.2, 0) is 4.79 Å². The molecular formula is C19H23N3O2. The van der Waals surface area contributed by atoms with Gasteiger partial charge < -0.3 is 15.5 Å². The lowest BCUT2D eigenvalue weighted by molar-refractivity contribution is -0.116. The number of hydrogen-bond donors (Lipinski definition) is 2. The van der Waals surface area contributed by atoms with Crippen LogP contribution in [-0.4, -0.2) is 32.0 Å². The van der Waals surface area contributed by atoms with E-state index in [-0.39, 0.29) is 18.4 Å². The summed E-state index contributed by atoms with van der Waals surface area (Å²) in [6.45, 7) is 2.86. The Labute approximate surface area is 142 Å². The molecule has 0 aromatic heterocycles. The SMILES string of the molecule is CCCNC(=O)c1ccc(NCC(=O)N(C)c2ccccc2)cc1. The van der Waals surface area contributed by atoms with Crippen molar-refractivity contribution in [2.45, 2.75) is 13.3 Å². The topological polar surface area (TPSA) is 61.4 Å². The molecule has 0 saturated heterocycles. The van der Waals surface area contributed by atoms with Gasteiger partial charge in [0.15, 0.2) is 0 Å². The van der Waals surface area contributed by atoms with Crippen molar-refractivity contribution in [1.82, 2.24) is 5.32 Å². The number of nitrogens with zero attached hydrogens (tertiary/aromatic N) is 1. The van der Waals surface area contributed by atoms with Crippen molar-refractivity contribution >= 4 is 23.2 Å². The highest BCUT2D eigenvalue weighted by molar-refractivity contribution is 5.96. The molecule has 0 atom stereocenters. The van der Waals surface area contributed by atoms with Gasteiger partial charge >= 0.3 is 0 Å². The highest BCUT2D eigenvalue weighted by atomic mass is 16.2. The first-order chi connectivity index (χ1) is 11.6. The zero-order valence-corrected chi connectivity index (χ0v) is 14.1. The maximum absolute atomic E-state index is 12.2. The van der Waals surface area contributed by atoms with Crippen LogP contribution >= 0.6 is 0 Å². The van der Waals surface area contributed by atoms with Gasteiger partial charge in [0.1, 0.15) is 0 Å². The predicted octanol–water partition coefficient (Wildman–Crippen LogP) is 2.90. The first-order valence-corrected chi connectivity index (χ1v) is 8.05. The maximum Gasteiger partial charge on any atom is 0.251 e. The van der Waals surface area contributed by atoms with E-state index in [0.29, 0.717) is 12.1 Å². The molecule has 0 fully saturated rings. The van der Waals surface area contributed by atoms with Gasteiger partial charge in [-0.25, -0.2) is 0 Å². The highest BCUT2D eigenvalue weighted by Crippen LogP contribution is 2.12. The molecule has 0 aliphatic carbocycles. The minimum Gasteiger partial charge on any atom is -0.376 e. The average Bonchev–Trinajstić information content (AvgIpc) is 2.64. The summed E-state index contributed by atoms with van der Waals surface area (Å²) in [5.41, 5.74) is 2.27. The molecule has 2 aromatic carbocycles. The summed E-state index contributed by atoms with van der Waals surface area (Å²) in [7, 11) is 1.75. The second kappa shape index (κ2) is 8.72. The Morgan fingerprint density at radius 3 is 2.29 bits per heavy atom. The summed E-state index contributed by atoms with van der Waals surface area (Å²) in [5.74, 6) is -0.116. The van der Waals surface area contributed by atoms with E-state index in [1.807, 2.05) is 37.3 Å². The highest BCUT2D eigenvalue weighted by Gasteiger charge is 2.10. The molecule has 5 heteroatoms. The Morgan fingerprint density at radius 2 is 1.67 bits per heavy atom. The van der Waals surface area contributed by atoms with Gasteiger partial charge in [0.2, 0.25) is 5.91 Å². The van der Waals surface area contributed by atoms with Gasteiger partial charge in [-0.3, -0.25) is 9.59 Å². The van der Waals surface area contributed by atoms with Gasteiger partial charge in [0.25, 0.3) is 5.91 Å². The third-order valence-corrected chi connectivity index (χ3v) is 3.64. The van der Waals surface area contributed by atoms with Crippen LogP contribution in [0, 0.1) is 0 Å². The molecule has 0 bridgehead atoms. The zero-order valence-electron chi connectivity index (χ0n) is 14.1. The minimum atomic E-state index is -0.0803. The van der Waals surface area contributed by atoms with E-state index in [9.17, 15) is 9.59 Å². The monoisotopic (exact) mass is 325 g/mol. The van der Waals surface area contributed by atoms with Gasteiger partial charge in [0.05, 0.1) is 6.54 Å². The number of nitrogens with one attached hydrogen (secondary N) is 2. The Balaban J connectivity index is 1.88. The van der Waals surface area contributed by atoms with E-state index in [1.165, 1.54) is 0 Å². The fraction of sp³-hybridized carbons (Fsp3) is 0.263. The second-order valence-electron chi connectivity index (χ2n) is 5.48. The van der Waals surface area contributed by atoms with E-state index in [4.69, 9.17) is 0 Å². The van der Waals surface area contributed by atoms with Crippen molar-refractivity contribution in [3.8, 4) is 0 Å². The number of hydrogen-bond acceptors (Lipinski definition) is 3. The predicted molar refractivity (Wildman–Crippen MR) is 97.4 cm³/mol. The summed E-state index contributed by atoms with van der Waals surface area (Å²) in [6.07, 6.45) is 0.905. The van der Waals surface area contributed by atoms with Gasteiger partial charge in [-0.2, -0.15) is 0 Å². The Morgan fingerprint density at radius 1 is 1.00 bits per heavy atom. The number of carbonyl (C=O) groups is 2. The lowest BCUT2D eigenvalue weighted by atomic mass is 10.2. The molecule has 2 amide bonds. The van der Waals surface area contributed by atoms with Crippen molar-refractivity contribution < 1.29 is 9.59 Å². The van der Waals surface area contributed by atoms with Crippen LogP contribution < -0.4 is 15.5 Å². The molecule has 0 spiro atoms. The van der Waals surface area contributed by atoms with E-state index in [1.54, 1.807) is 36.2 Å². The molecule has 24 heavy (non-hydrogen) atoms. The molecule has 0 unspecified atom stereocenters. The van der Waals surface area contributed by atoms with Crippen molar-refractivity contribution in [2.75, 3.05) is 30.4 Å². The fourth-order valence-electron chi connectivity index (χ4n) is 2.17. The van der Waals surface area contributed by atoms with E-state index in [0.717, 1.165) is 17.8 Å². The lowest BCUT2D eigenvalue weighted by Gasteiger charge is -2.18. The third-order valence-electron chi connectivity index (χ3n) is 3.64. The van der Waals surface area contributed by atoms with Crippen molar-refractivity contribution in [3.05, 3.63) is 60.2 Å². The van der Waals surface area contributed by atoms with Crippen molar-refractivity contribution in [3.63, 3.8) is 0 Å². The van der Waals surface area contributed by atoms with Crippen molar-refractivity contribution in [2.24, 2.45) is 0 Å². The fourth-order valence-corrected chi connectivity index (χ4v) is 2.17. The molecule has 0 aliphatic rings.